The number of carbonyl (C=O) groups excluding carboxylic acids is 4. The SMILES string of the molecule is CC(C)(C)OC(=O)[C@H](CCC(=O)C=[N+]=[N-])NC(=O)CNC(=O)C12CCN(CC1)CC2. The zero-order valence-electron chi connectivity index (χ0n) is 17.9. The van der Waals surface area contributed by atoms with Crippen LogP contribution in [0.25, 0.3) is 5.53 Å². The molecule has 2 amide bonds. The maximum Gasteiger partial charge on any atom is 0.329 e. The highest BCUT2D eigenvalue weighted by Crippen LogP contribution is 2.40. The summed E-state index contributed by atoms with van der Waals surface area (Å²) in [6.07, 6.45) is 2.98. The minimum absolute atomic E-state index is 0.0147. The number of fused-ring (bicyclic) bond motifs is 3. The van der Waals surface area contributed by atoms with Gasteiger partial charge in [0.2, 0.25) is 17.6 Å². The fourth-order valence-electron chi connectivity index (χ4n) is 3.80. The number of nitrogens with zero attached hydrogens (tertiary/aromatic N) is 3. The van der Waals surface area contributed by atoms with Crippen LogP contribution >= 0.6 is 0 Å². The van der Waals surface area contributed by atoms with Crippen LogP contribution in [0.5, 0.6) is 0 Å². The molecule has 3 heterocycles. The van der Waals surface area contributed by atoms with Gasteiger partial charge in [-0.2, -0.15) is 4.79 Å². The first-order chi connectivity index (χ1) is 14.0. The monoisotopic (exact) mass is 421 g/mol. The predicted molar refractivity (Wildman–Crippen MR) is 107 cm³/mol. The predicted octanol–water partition coefficient (Wildman–Crippen LogP) is 0.0649. The van der Waals surface area contributed by atoms with E-state index in [1.165, 1.54) is 0 Å². The lowest BCUT2D eigenvalue weighted by Gasteiger charge is -2.47. The van der Waals surface area contributed by atoms with Crippen LogP contribution in [-0.4, -0.2) is 77.3 Å². The van der Waals surface area contributed by atoms with Gasteiger partial charge in [0.25, 0.3) is 0 Å². The highest BCUT2D eigenvalue weighted by atomic mass is 16.6. The molecule has 0 unspecified atom stereocenters. The Hall–Kier alpha value is -2.58. The Labute approximate surface area is 176 Å². The van der Waals surface area contributed by atoms with Crippen LogP contribution < -0.4 is 10.6 Å². The lowest BCUT2D eigenvalue weighted by Crippen LogP contribution is -2.56. The van der Waals surface area contributed by atoms with Gasteiger partial charge in [-0.25, -0.2) is 4.79 Å². The van der Waals surface area contributed by atoms with Crippen molar-refractivity contribution in [2.45, 2.75) is 64.5 Å². The third-order valence-electron chi connectivity index (χ3n) is 5.52. The number of nitrogens with one attached hydrogen (secondary N) is 2. The Balaban J connectivity index is 1.91. The second-order valence-electron chi connectivity index (χ2n) is 8.96. The van der Waals surface area contributed by atoms with E-state index >= 15 is 0 Å². The average molecular weight is 421 g/mol. The zero-order chi connectivity index (χ0) is 22.4. The van der Waals surface area contributed by atoms with Crippen molar-refractivity contribution >= 4 is 29.8 Å². The fraction of sp³-hybridized carbons (Fsp3) is 0.750. The Morgan fingerprint density at radius 3 is 2.30 bits per heavy atom. The summed E-state index contributed by atoms with van der Waals surface area (Å²) in [6.45, 7) is 7.52. The standard InChI is InChI=1S/C20H31N5O5/c1-19(2,3)30-17(28)15(5-4-14(26)12-23-21)24-16(27)13-22-18(29)20-6-9-25(10-7-20)11-8-20/h12,15H,4-11,13H2,1-3H3,(H,22,29)(H,24,27)/t15-/m0/s1. The van der Waals surface area contributed by atoms with Crippen molar-refractivity contribution in [1.29, 1.82) is 0 Å². The van der Waals surface area contributed by atoms with E-state index in [0.717, 1.165) is 45.1 Å². The van der Waals surface area contributed by atoms with Gasteiger partial charge in [0.1, 0.15) is 11.6 Å². The van der Waals surface area contributed by atoms with Gasteiger partial charge in [0.05, 0.1) is 12.0 Å². The molecular weight excluding hydrogens is 390 g/mol. The number of carbonyl (C=O) groups is 4. The molecule has 3 aliphatic rings. The van der Waals surface area contributed by atoms with E-state index in [0.29, 0.717) is 0 Å². The molecule has 2 N–H and O–H groups in total. The lowest BCUT2D eigenvalue weighted by molar-refractivity contribution is -0.158. The molecule has 0 aromatic carbocycles. The number of ether oxygens (including phenoxy) is 1. The van der Waals surface area contributed by atoms with Gasteiger partial charge in [0, 0.05) is 6.42 Å². The molecule has 10 nitrogen and oxygen atoms in total. The van der Waals surface area contributed by atoms with Crippen molar-refractivity contribution in [2.75, 3.05) is 26.2 Å². The van der Waals surface area contributed by atoms with E-state index in [9.17, 15) is 19.2 Å². The molecule has 0 aliphatic carbocycles. The van der Waals surface area contributed by atoms with Crippen molar-refractivity contribution in [3.05, 3.63) is 5.53 Å². The number of Topliss-reactive ketones (excluding diaryl/α,β-unsaturated/α-hetero) is 1. The quantitative estimate of drug-likeness (QED) is 0.233. The van der Waals surface area contributed by atoms with Crippen molar-refractivity contribution in [1.82, 2.24) is 15.5 Å². The summed E-state index contributed by atoms with van der Waals surface area (Å²) in [4.78, 5) is 54.1. The van der Waals surface area contributed by atoms with Crippen molar-refractivity contribution in [2.24, 2.45) is 5.41 Å². The molecule has 2 bridgehead atoms. The molecular formula is C20H31N5O5. The highest BCUT2D eigenvalue weighted by Gasteiger charge is 2.45. The largest absolute Gasteiger partial charge is 0.458 e. The van der Waals surface area contributed by atoms with Crippen LogP contribution in [0.15, 0.2) is 0 Å². The van der Waals surface area contributed by atoms with Gasteiger partial charge in [-0.15, -0.1) is 0 Å². The Kier molecular flexibility index (Phi) is 7.86. The Morgan fingerprint density at radius 1 is 1.17 bits per heavy atom. The first-order valence-corrected chi connectivity index (χ1v) is 10.3. The van der Waals surface area contributed by atoms with E-state index < -0.39 is 34.7 Å². The average Bonchev–Trinajstić information content (AvgIpc) is 2.69. The number of esters is 1. The summed E-state index contributed by atoms with van der Waals surface area (Å²) < 4.78 is 5.31. The maximum absolute atomic E-state index is 12.7. The van der Waals surface area contributed by atoms with Gasteiger partial charge >= 0.3 is 12.2 Å². The molecule has 3 rings (SSSR count). The van der Waals surface area contributed by atoms with Crippen molar-refractivity contribution in [3.63, 3.8) is 0 Å². The number of hydrogen-bond acceptors (Lipinski definition) is 6. The van der Waals surface area contributed by atoms with Crippen LogP contribution in [0.2, 0.25) is 0 Å². The molecule has 166 valence electrons. The van der Waals surface area contributed by atoms with Crippen molar-refractivity contribution in [3.8, 4) is 0 Å². The number of hydrogen-bond donors (Lipinski definition) is 2. The molecule has 1 atom stereocenters. The van der Waals surface area contributed by atoms with E-state index in [1.807, 2.05) is 0 Å². The molecule has 0 spiro atoms. The molecule has 0 saturated carbocycles. The second kappa shape index (κ2) is 9.95. The van der Waals surface area contributed by atoms with E-state index in [2.05, 4.69) is 20.3 Å². The van der Waals surface area contributed by atoms with Crippen molar-refractivity contribution < 1.29 is 28.7 Å². The third kappa shape index (κ3) is 6.74. The van der Waals surface area contributed by atoms with E-state index in [1.54, 1.807) is 20.8 Å². The van der Waals surface area contributed by atoms with Gasteiger partial charge in [0.15, 0.2) is 0 Å². The Bertz CT molecular complexity index is 717. The maximum atomic E-state index is 12.7. The van der Waals surface area contributed by atoms with Gasteiger partial charge in [-0.1, -0.05) is 0 Å². The molecule has 3 aliphatic heterocycles. The van der Waals surface area contributed by atoms with Crippen LogP contribution in [0.1, 0.15) is 52.9 Å². The zero-order valence-corrected chi connectivity index (χ0v) is 17.9. The first kappa shape index (κ1) is 23.7. The second-order valence-corrected chi connectivity index (χ2v) is 8.96. The van der Waals surface area contributed by atoms with E-state index in [4.69, 9.17) is 10.3 Å². The molecule has 3 fully saturated rings. The molecule has 0 aromatic heterocycles. The summed E-state index contributed by atoms with van der Waals surface area (Å²) in [6, 6.07) is -1.05. The normalized spacial score (nSPS) is 23.6. The minimum atomic E-state index is -1.05. The number of amides is 2. The van der Waals surface area contributed by atoms with Gasteiger partial charge in [-0.05, 0) is 66.1 Å². The smallest absolute Gasteiger partial charge is 0.329 e. The topological polar surface area (TPSA) is 141 Å². The molecule has 3 saturated heterocycles. The van der Waals surface area contributed by atoms with Crippen LogP contribution in [-0.2, 0) is 23.9 Å². The number of rotatable bonds is 9. The lowest BCUT2D eigenvalue weighted by atomic mass is 9.71. The molecule has 0 radical (unpaired) electrons. The summed E-state index contributed by atoms with van der Waals surface area (Å²) in [5.74, 6) is -1.82. The molecule has 30 heavy (non-hydrogen) atoms. The summed E-state index contributed by atoms with van der Waals surface area (Å²) in [5.41, 5.74) is 7.26. The summed E-state index contributed by atoms with van der Waals surface area (Å²) >= 11 is 0. The third-order valence-corrected chi connectivity index (χ3v) is 5.52. The summed E-state index contributed by atoms with van der Waals surface area (Å²) in [7, 11) is 0. The van der Waals surface area contributed by atoms with Gasteiger partial charge in [-0.3, -0.25) is 14.4 Å². The number of ketones is 1. The van der Waals surface area contributed by atoms with Crippen LogP contribution in [0.3, 0.4) is 0 Å². The van der Waals surface area contributed by atoms with E-state index in [-0.39, 0.29) is 25.3 Å². The molecule has 10 heteroatoms. The number of piperidine rings is 3. The first-order valence-electron chi connectivity index (χ1n) is 10.3. The highest BCUT2D eigenvalue weighted by molar-refractivity contribution is 6.25. The minimum Gasteiger partial charge on any atom is -0.458 e. The summed E-state index contributed by atoms with van der Waals surface area (Å²) in [5, 5.41) is 5.24. The molecule has 0 aromatic rings. The van der Waals surface area contributed by atoms with Crippen LogP contribution in [0, 0.1) is 5.41 Å². The fourth-order valence-corrected chi connectivity index (χ4v) is 3.80. The van der Waals surface area contributed by atoms with Crippen LogP contribution in [0.4, 0.5) is 0 Å². The van der Waals surface area contributed by atoms with Gasteiger partial charge < -0.3 is 25.8 Å². The Morgan fingerprint density at radius 2 is 1.77 bits per heavy atom.